The molecule has 54 heavy (non-hydrogen) atoms. The molecule has 8 heteroatoms. The van der Waals surface area contributed by atoms with Gasteiger partial charge in [-0.1, -0.05) is 84.7 Å². The van der Waals surface area contributed by atoms with Crippen molar-refractivity contribution in [3.05, 3.63) is 113 Å². The number of Topliss-reactive ketones (excluding diaryl/α,β-unsaturated/α-hetero) is 1. The number of ketones is 1. The number of carboxylic acids is 2. The third-order valence-corrected chi connectivity index (χ3v) is 11.5. The molecule has 3 atom stereocenters. The molecule has 0 fully saturated rings. The summed E-state index contributed by atoms with van der Waals surface area (Å²) in [5.41, 5.74) is 7.56. The van der Waals surface area contributed by atoms with Gasteiger partial charge in [-0.2, -0.15) is 4.57 Å². The summed E-state index contributed by atoms with van der Waals surface area (Å²) in [6, 6.07) is 10.3. The number of carboxylic acid groups (broad SMARTS) is 2. The normalized spacial score (nSPS) is 22.2. The van der Waals surface area contributed by atoms with Crippen LogP contribution in [0.3, 0.4) is 0 Å². The van der Waals surface area contributed by atoms with Gasteiger partial charge in [0.25, 0.3) is 0 Å². The Morgan fingerprint density at radius 2 is 1.65 bits per heavy atom. The predicted octanol–water partition coefficient (Wildman–Crippen LogP) is 8.58. The maximum atomic E-state index is 12.0. The molecule has 1 aromatic carbocycles. The van der Waals surface area contributed by atoms with Crippen LogP contribution in [0.25, 0.3) is 21.8 Å². The first kappa shape index (κ1) is 40.4. The largest absolute Gasteiger partial charge is 0.545 e. The molecule has 286 valence electrons. The zero-order valence-corrected chi connectivity index (χ0v) is 32.7. The Labute approximate surface area is 319 Å². The van der Waals surface area contributed by atoms with E-state index in [4.69, 9.17) is 5.11 Å². The molecule has 3 heterocycles. The van der Waals surface area contributed by atoms with Crippen LogP contribution in [0.15, 0.2) is 107 Å². The van der Waals surface area contributed by atoms with Gasteiger partial charge >= 0.3 is 5.97 Å². The Bertz CT molecular complexity index is 2100. The second kappa shape index (κ2) is 17.1. The average molecular weight is 733 g/mol. The summed E-state index contributed by atoms with van der Waals surface area (Å²) in [6.45, 7) is 12.8. The van der Waals surface area contributed by atoms with E-state index in [1.165, 1.54) is 30.4 Å². The number of aliphatic hydroxyl groups is 1. The van der Waals surface area contributed by atoms with Gasteiger partial charge in [-0.3, -0.25) is 4.79 Å². The first-order chi connectivity index (χ1) is 25.6. The highest BCUT2D eigenvalue weighted by Crippen LogP contribution is 2.48. The lowest BCUT2D eigenvalue weighted by atomic mass is 9.71. The summed E-state index contributed by atoms with van der Waals surface area (Å²) in [6.07, 6.45) is 23.9. The molecular weight excluding hydrogens is 677 g/mol. The number of aromatic amines is 1. The van der Waals surface area contributed by atoms with Crippen molar-refractivity contribution in [2.75, 3.05) is 0 Å². The van der Waals surface area contributed by atoms with Crippen molar-refractivity contribution in [1.29, 1.82) is 0 Å². The highest BCUT2D eigenvalue weighted by molar-refractivity contribution is 6.07. The topological polar surface area (TPSA) is 134 Å². The van der Waals surface area contributed by atoms with E-state index in [2.05, 4.69) is 61.5 Å². The lowest BCUT2D eigenvalue weighted by Gasteiger charge is -2.35. The van der Waals surface area contributed by atoms with Crippen molar-refractivity contribution in [2.45, 2.75) is 117 Å². The second-order valence-corrected chi connectivity index (χ2v) is 16.1. The van der Waals surface area contributed by atoms with Crippen LogP contribution in [0.4, 0.5) is 0 Å². The number of H-pyrrole nitrogens is 1. The molecule has 8 nitrogen and oxygen atoms in total. The van der Waals surface area contributed by atoms with Crippen LogP contribution >= 0.6 is 0 Å². The van der Waals surface area contributed by atoms with E-state index < -0.39 is 17.5 Å². The minimum Gasteiger partial charge on any atom is -0.545 e. The van der Waals surface area contributed by atoms with Gasteiger partial charge in [0.2, 0.25) is 5.69 Å². The fourth-order valence-electron chi connectivity index (χ4n) is 8.77. The maximum absolute atomic E-state index is 12.0. The number of allylic oxidation sites excluding steroid dienone is 9. The zero-order chi connectivity index (χ0) is 39.2. The van der Waals surface area contributed by atoms with Gasteiger partial charge in [-0.15, -0.1) is 0 Å². The van der Waals surface area contributed by atoms with Gasteiger partial charge in [-0.05, 0) is 109 Å². The molecule has 0 amide bonds. The van der Waals surface area contributed by atoms with Crippen molar-refractivity contribution >= 4 is 39.5 Å². The Morgan fingerprint density at radius 3 is 2.33 bits per heavy atom. The Hall–Kier alpha value is -4.82. The third kappa shape index (κ3) is 9.09. The molecule has 3 aliphatic rings. The van der Waals surface area contributed by atoms with E-state index >= 15 is 0 Å². The van der Waals surface area contributed by atoms with E-state index in [1.807, 2.05) is 55.6 Å². The molecular formula is C46H56N2O6. The highest BCUT2D eigenvalue weighted by Gasteiger charge is 2.58. The summed E-state index contributed by atoms with van der Waals surface area (Å²) < 4.78 is 2.12. The van der Waals surface area contributed by atoms with Crippen LogP contribution in [0, 0.1) is 11.3 Å². The molecule has 0 spiro atoms. The number of nitrogens with zero attached hydrogens (tertiary/aromatic N) is 1. The first-order valence-electron chi connectivity index (χ1n) is 19.3. The van der Waals surface area contributed by atoms with Crippen LogP contribution < -0.4 is 9.67 Å². The van der Waals surface area contributed by atoms with Crippen LogP contribution in [0.2, 0.25) is 0 Å². The number of rotatable bonds is 13. The average Bonchev–Trinajstić information content (AvgIpc) is 3.60. The van der Waals surface area contributed by atoms with Crippen LogP contribution in [0.5, 0.6) is 0 Å². The van der Waals surface area contributed by atoms with Crippen LogP contribution in [-0.2, 0) is 20.0 Å². The van der Waals surface area contributed by atoms with Gasteiger partial charge in [0, 0.05) is 34.9 Å². The summed E-state index contributed by atoms with van der Waals surface area (Å²) in [5.74, 6) is -2.82. The number of hydrogen-bond donors (Lipinski definition) is 3. The predicted molar refractivity (Wildman–Crippen MR) is 212 cm³/mol. The summed E-state index contributed by atoms with van der Waals surface area (Å²) >= 11 is 0. The van der Waals surface area contributed by atoms with Gasteiger partial charge in [0.05, 0.1) is 11.9 Å². The molecule has 0 bridgehead atoms. The number of aliphatic carboxylic acids is 2. The van der Waals surface area contributed by atoms with Gasteiger partial charge in [0.15, 0.2) is 17.8 Å². The van der Waals surface area contributed by atoms with Gasteiger partial charge < -0.3 is 25.1 Å². The molecule has 0 radical (unpaired) electrons. The van der Waals surface area contributed by atoms with Crippen molar-refractivity contribution in [2.24, 2.45) is 11.3 Å². The molecule has 6 rings (SSSR count). The van der Waals surface area contributed by atoms with E-state index in [0.717, 1.165) is 59.3 Å². The lowest BCUT2D eigenvalue weighted by Crippen LogP contribution is -2.39. The van der Waals surface area contributed by atoms with Gasteiger partial charge in [-0.25, -0.2) is 4.79 Å². The van der Waals surface area contributed by atoms with Crippen molar-refractivity contribution in [1.82, 2.24) is 4.98 Å². The van der Waals surface area contributed by atoms with Crippen molar-refractivity contribution in [3.8, 4) is 0 Å². The number of carbonyl (C=O) groups is 3. The quantitative estimate of drug-likeness (QED) is 0.0916. The number of benzene rings is 1. The summed E-state index contributed by atoms with van der Waals surface area (Å²) in [5, 5.41) is 33.5. The van der Waals surface area contributed by atoms with Crippen molar-refractivity contribution in [3.63, 3.8) is 0 Å². The van der Waals surface area contributed by atoms with E-state index in [1.54, 1.807) is 18.1 Å². The highest BCUT2D eigenvalue weighted by atomic mass is 16.4. The number of nitrogens with one attached hydrogen (secondary N) is 1. The van der Waals surface area contributed by atoms with Crippen molar-refractivity contribution < 1.29 is 34.3 Å². The Morgan fingerprint density at radius 1 is 0.963 bits per heavy atom. The molecule has 1 aliphatic heterocycles. The Balaban J connectivity index is 0.000000209. The summed E-state index contributed by atoms with van der Waals surface area (Å²) in [4.78, 5) is 37.0. The molecule has 3 aromatic rings. The minimum atomic E-state index is -1.41. The molecule has 0 saturated carbocycles. The molecule has 2 aromatic heterocycles. The standard InChI is InChI=1S/C25H38O4.C21H18N2O2/c1-18(11-7-13-21(24(28)29)17-23(26)27)9-6-10-19(2)14-15-22-20(3)12-8-16-25(22,4)5;1-13(24)12-21(25)16-7-3-5-9-18(16)23-11-10-15-14-6-2-4-8-17(14)22-19(15)20(21)23/h10-11,17H,6-9,12-16H2,1-5H3,(H,26,27)(H,28,29);2-11,16,18,25H,12H2,1H3/b18-11+,19-10+,21-17-;. The number of hydrogen-bond acceptors (Lipinski definition) is 5. The van der Waals surface area contributed by atoms with Gasteiger partial charge in [0.1, 0.15) is 11.3 Å². The Kier molecular flexibility index (Phi) is 12.8. The fourth-order valence-corrected chi connectivity index (χ4v) is 8.77. The van der Waals surface area contributed by atoms with Crippen LogP contribution in [-0.4, -0.2) is 32.9 Å². The number of para-hydroxylation sites is 1. The van der Waals surface area contributed by atoms with E-state index in [0.29, 0.717) is 11.8 Å². The monoisotopic (exact) mass is 732 g/mol. The third-order valence-electron chi connectivity index (χ3n) is 11.5. The number of pyridine rings is 1. The first-order valence-corrected chi connectivity index (χ1v) is 19.3. The molecule has 3 N–H and O–H groups in total. The number of fused-ring (bicyclic) bond motifs is 7. The zero-order valence-electron chi connectivity index (χ0n) is 32.7. The van der Waals surface area contributed by atoms with Crippen LogP contribution in [0.1, 0.15) is 117 Å². The molecule has 2 aliphatic carbocycles. The SMILES string of the molecule is CC(=O)CC1(O)c2c3[nH]c4ccccc4c3cc[n+]2C2C=CC=CC21.CC1=C(CC/C(C)=C/CC/C(C)=C/CC/C(=C/C(=O)O)C(=O)[O-])C(C)(C)CCC1. The number of carbonyl (C=O) groups excluding carboxylic acids is 2. The number of aromatic nitrogens is 2. The fraction of sp³-hybridized carbons (Fsp3) is 0.435. The molecule has 3 unspecified atom stereocenters. The molecule has 0 saturated heterocycles. The lowest BCUT2D eigenvalue weighted by molar-refractivity contribution is -0.708. The minimum absolute atomic E-state index is 0.00855. The smallest absolute Gasteiger partial charge is 0.328 e. The van der Waals surface area contributed by atoms with E-state index in [-0.39, 0.29) is 36.2 Å². The summed E-state index contributed by atoms with van der Waals surface area (Å²) in [7, 11) is 0. The second-order valence-electron chi connectivity index (χ2n) is 16.1. The maximum Gasteiger partial charge on any atom is 0.328 e. The van der Waals surface area contributed by atoms with E-state index in [9.17, 15) is 24.6 Å².